The predicted molar refractivity (Wildman–Crippen MR) is 121 cm³/mol. The number of rotatable bonds is 9. The Labute approximate surface area is 187 Å². The van der Waals surface area contributed by atoms with Gasteiger partial charge in [0.1, 0.15) is 18.4 Å². The minimum Gasteiger partial charge on any atom is -0.486 e. The number of carbonyl (C=O) groups excluding carboxylic acids is 1. The monoisotopic (exact) mass is 518 g/mol. The van der Waals surface area contributed by atoms with Gasteiger partial charge in [-0.05, 0) is 31.2 Å². The summed E-state index contributed by atoms with van der Waals surface area (Å²) in [6, 6.07) is 9.99. The van der Waals surface area contributed by atoms with E-state index in [1.165, 1.54) is 11.0 Å². The summed E-state index contributed by atoms with van der Waals surface area (Å²) < 4.78 is 24.6. The van der Waals surface area contributed by atoms with Gasteiger partial charge in [0, 0.05) is 27.1 Å². The topological polar surface area (TPSA) is 79.1 Å². The molecule has 2 aromatic rings. The highest BCUT2D eigenvalue weighted by Gasteiger charge is 2.10. The van der Waals surface area contributed by atoms with Crippen LogP contribution in [0.5, 0.6) is 5.75 Å². The van der Waals surface area contributed by atoms with E-state index in [0.29, 0.717) is 25.5 Å². The minimum absolute atomic E-state index is 0. The molecule has 0 fully saturated rings. The first kappa shape index (κ1) is 24.7. The number of likely N-dealkylation sites (N-methyl/N-ethyl adjacent to an activating group) is 1. The number of halogens is 2. The van der Waals surface area contributed by atoms with Crippen molar-refractivity contribution in [3.05, 3.63) is 54.2 Å². The Bertz CT molecular complexity index is 769. The fourth-order valence-electron chi connectivity index (χ4n) is 2.26. The number of para-hydroxylation sites is 1. The Morgan fingerprint density at radius 1 is 1.24 bits per heavy atom. The first-order chi connectivity index (χ1) is 13.5. The van der Waals surface area contributed by atoms with Crippen molar-refractivity contribution in [1.29, 1.82) is 0 Å². The van der Waals surface area contributed by atoms with Crippen LogP contribution in [0, 0.1) is 5.82 Å². The van der Waals surface area contributed by atoms with Crippen molar-refractivity contribution in [3.8, 4) is 5.75 Å². The van der Waals surface area contributed by atoms with E-state index in [1.54, 1.807) is 38.6 Å². The van der Waals surface area contributed by atoms with Crippen LogP contribution in [-0.4, -0.2) is 56.6 Å². The maximum absolute atomic E-state index is 13.7. The first-order valence-electron chi connectivity index (χ1n) is 9.11. The van der Waals surface area contributed by atoms with E-state index in [9.17, 15) is 9.18 Å². The number of guanidine groups is 1. The summed E-state index contributed by atoms with van der Waals surface area (Å²) in [7, 11) is 3.36. The largest absolute Gasteiger partial charge is 0.486 e. The molecule has 0 aliphatic heterocycles. The lowest BCUT2D eigenvalue weighted by Crippen LogP contribution is -2.43. The maximum Gasteiger partial charge on any atom is 0.243 e. The average molecular weight is 518 g/mol. The van der Waals surface area contributed by atoms with Gasteiger partial charge in [-0.15, -0.1) is 24.0 Å². The van der Waals surface area contributed by atoms with E-state index in [1.807, 2.05) is 19.1 Å². The lowest BCUT2D eigenvalue weighted by Gasteiger charge is -2.18. The minimum atomic E-state index is -0.406. The summed E-state index contributed by atoms with van der Waals surface area (Å²) in [5.41, 5.74) is 0. The standard InChI is InChI=1S/C20H27FN4O3.HI/c1-15(28-18-9-5-4-8-17(18)21)13-23-20(24-14-19(26)25(2)3)22-11-10-16-7-6-12-27-16;/h4-9,12,15H,10-11,13-14H2,1-3H3,(H2,22,23,24);1H. The van der Waals surface area contributed by atoms with Crippen molar-refractivity contribution in [1.82, 2.24) is 15.5 Å². The number of furan rings is 1. The highest BCUT2D eigenvalue weighted by atomic mass is 127. The number of amides is 1. The van der Waals surface area contributed by atoms with Crippen LogP contribution >= 0.6 is 24.0 Å². The molecule has 29 heavy (non-hydrogen) atoms. The van der Waals surface area contributed by atoms with E-state index >= 15 is 0 Å². The molecular formula is C20H28FIN4O3. The van der Waals surface area contributed by atoms with Gasteiger partial charge in [0.2, 0.25) is 5.91 Å². The molecule has 1 amide bonds. The number of ether oxygens (including phenoxy) is 1. The van der Waals surface area contributed by atoms with Crippen molar-refractivity contribution in [2.45, 2.75) is 19.4 Å². The van der Waals surface area contributed by atoms with Gasteiger partial charge >= 0.3 is 0 Å². The number of benzene rings is 1. The zero-order valence-electron chi connectivity index (χ0n) is 16.9. The molecule has 0 aliphatic carbocycles. The van der Waals surface area contributed by atoms with Crippen molar-refractivity contribution >= 4 is 35.8 Å². The third-order valence-corrected chi connectivity index (χ3v) is 3.84. The Kier molecular flexibility index (Phi) is 11.1. The zero-order chi connectivity index (χ0) is 20.4. The molecule has 1 heterocycles. The number of hydrogen-bond donors (Lipinski definition) is 2. The van der Waals surface area contributed by atoms with E-state index in [-0.39, 0.29) is 48.3 Å². The molecular weight excluding hydrogens is 490 g/mol. The Hall–Kier alpha value is -2.30. The molecule has 0 bridgehead atoms. The quantitative estimate of drug-likeness (QED) is 0.303. The second-order valence-electron chi connectivity index (χ2n) is 6.45. The maximum atomic E-state index is 13.7. The Balaban J connectivity index is 0.00000420. The average Bonchev–Trinajstić information content (AvgIpc) is 3.18. The van der Waals surface area contributed by atoms with E-state index in [0.717, 1.165) is 5.76 Å². The third-order valence-electron chi connectivity index (χ3n) is 3.84. The number of hydrogen-bond acceptors (Lipinski definition) is 4. The van der Waals surface area contributed by atoms with Gasteiger partial charge in [0.05, 0.1) is 12.8 Å². The third kappa shape index (κ3) is 9.16. The van der Waals surface area contributed by atoms with Crippen molar-refractivity contribution < 1.29 is 18.3 Å². The lowest BCUT2D eigenvalue weighted by atomic mass is 10.3. The molecule has 0 spiro atoms. The highest BCUT2D eigenvalue weighted by molar-refractivity contribution is 14.0. The van der Waals surface area contributed by atoms with Crippen molar-refractivity contribution in [2.24, 2.45) is 4.99 Å². The van der Waals surface area contributed by atoms with Gasteiger partial charge in [0.15, 0.2) is 17.5 Å². The van der Waals surface area contributed by atoms with Crippen LogP contribution < -0.4 is 15.4 Å². The predicted octanol–water partition coefficient (Wildman–Crippen LogP) is 2.67. The molecule has 7 nitrogen and oxygen atoms in total. The summed E-state index contributed by atoms with van der Waals surface area (Å²) in [5.74, 6) is 1.02. The second-order valence-corrected chi connectivity index (χ2v) is 6.45. The van der Waals surface area contributed by atoms with Gasteiger partial charge in [0.25, 0.3) is 0 Å². The molecule has 1 atom stereocenters. The van der Waals surface area contributed by atoms with Crippen LogP contribution in [-0.2, 0) is 11.2 Å². The molecule has 160 valence electrons. The van der Waals surface area contributed by atoms with Crippen molar-refractivity contribution in [3.63, 3.8) is 0 Å². The summed E-state index contributed by atoms with van der Waals surface area (Å²) in [5, 5.41) is 6.29. The second kappa shape index (κ2) is 13.0. The van der Waals surface area contributed by atoms with Gasteiger partial charge in [-0.3, -0.25) is 4.79 Å². The van der Waals surface area contributed by atoms with E-state index in [2.05, 4.69) is 15.6 Å². The summed E-state index contributed by atoms with van der Waals surface area (Å²) >= 11 is 0. The summed E-state index contributed by atoms with van der Waals surface area (Å²) in [6.07, 6.45) is 2.00. The number of nitrogens with one attached hydrogen (secondary N) is 2. The number of nitrogens with zero attached hydrogens (tertiary/aromatic N) is 2. The van der Waals surface area contributed by atoms with Gasteiger partial charge in [-0.1, -0.05) is 12.1 Å². The molecule has 0 saturated carbocycles. The van der Waals surface area contributed by atoms with E-state index < -0.39 is 5.82 Å². The van der Waals surface area contributed by atoms with Gasteiger partial charge in [-0.2, -0.15) is 0 Å². The molecule has 0 saturated heterocycles. The molecule has 0 aliphatic rings. The number of carbonyl (C=O) groups is 1. The molecule has 1 aromatic carbocycles. The summed E-state index contributed by atoms with van der Waals surface area (Å²) in [6.45, 7) is 2.81. The van der Waals surface area contributed by atoms with Crippen LogP contribution in [0.2, 0.25) is 0 Å². The van der Waals surface area contributed by atoms with Crippen LogP contribution in [0.25, 0.3) is 0 Å². The zero-order valence-corrected chi connectivity index (χ0v) is 19.2. The molecule has 2 rings (SSSR count). The van der Waals surface area contributed by atoms with Gasteiger partial charge < -0.3 is 24.7 Å². The van der Waals surface area contributed by atoms with Crippen molar-refractivity contribution in [2.75, 3.05) is 33.7 Å². The molecule has 2 N–H and O–H groups in total. The van der Waals surface area contributed by atoms with Gasteiger partial charge in [-0.25, -0.2) is 9.38 Å². The smallest absolute Gasteiger partial charge is 0.243 e. The molecule has 1 aromatic heterocycles. The highest BCUT2D eigenvalue weighted by Crippen LogP contribution is 2.16. The van der Waals surface area contributed by atoms with Crippen LogP contribution in [0.4, 0.5) is 4.39 Å². The fraction of sp³-hybridized carbons (Fsp3) is 0.400. The molecule has 1 unspecified atom stereocenters. The van der Waals surface area contributed by atoms with Crippen LogP contribution in [0.1, 0.15) is 12.7 Å². The molecule has 0 radical (unpaired) electrons. The number of aliphatic imine (C=N–C) groups is 1. The Morgan fingerprint density at radius 3 is 2.66 bits per heavy atom. The SMILES string of the molecule is CC(CNC(=NCC(=O)N(C)C)NCCc1ccco1)Oc1ccccc1F.I. The Morgan fingerprint density at radius 2 is 2.00 bits per heavy atom. The molecule has 9 heteroatoms. The van der Waals surface area contributed by atoms with Crippen LogP contribution in [0.15, 0.2) is 52.1 Å². The normalized spacial score (nSPS) is 11.9. The van der Waals surface area contributed by atoms with Crippen LogP contribution in [0.3, 0.4) is 0 Å². The van der Waals surface area contributed by atoms with E-state index in [4.69, 9.17) is 9.15 Å². The summed E-state index contributed by atoms with van der Waals surface area (Å²) in [4.78, 5) is 17.6. The fourth-order valence-corrected chi connectivity index (χ4v) is 2.26. The lowest BCUT2D eigenvalue weighted by molar-refractivity contribution is -0.127. The first-order valence-corrected chi connectivity index (χ1v) is 9.11.